The van der Waals surface area contributed by atoms with Crippen LogP contribution in [0.5, 0.6) is 0 Å². The summed E-state index contributed by atoms with van der Waals surface area (Å²) in [5.41, 5.74) is 2.83. The van der Waals surface area contributed by atoms with Crippen molar-refractivity contribution in [1.82, 2.24) is 10.3 Å². The Kier molecular flexibility index (Phi) is 5.69. The van der Waals surface area contributed by atoms with E-state index < -0.39 is 0 Å². The molecule has 1 amide bonds. The fraction of sp³-hybridized carbons (Fsp3) is 0.273. The summed E-state index contributed by atoms with van der Waals surface area (Å²) in [6.07, 6.45) is 1.65. The zero-order chi connectivity index (χ0) is 19.3. The Hall–Kier alpha value is -2.70. The first-order valence-electron chi connectivity index (χ1n) is 9.40. The maximum absolute atomic E-state index is 12.9. The molecule has 0 saturated carbocycles. The van der Waals surface area contributed by atoms with Crippen molar-refractivity contribution in [3.63, 3.8) is 0 Å². The number of aromatic nitrogens is 1. The first kappa shape index (κ1) is 18.7. The summed E-state index contributed by atoms with van der Waals surface area (Å²) in [6.45, 7) is 5.13. The van der Waals surface area contributed by atoms with Crippen LogP contribution in [0.15, 0.2) is 60.1 Å². The minimum atomic E-state index is -0.174. The second-order valence-electron chi connectivity index (χ2n) is 6.84. The number of benzene rings is 1. The van der Waals surface area contributed by atoms with Crippen LogP contribution in [0.1, 0.15) is 32.4 Å². The molecule has 28 heavy (non-hydrogen) atoms. The molecule has 144 valence electrons. The van der Waals surface area contributed by atoms with E-state index in [-0.39, 0.29) is 11.9 Å². The summed E-state index contributed by atoms with van der Waals surface area (Å²) in [6, 6.07) is 15.9. The second-order valence-corrected chi connectivity index (χ2v) is 7.82. The summed E-state index contributed by atoms with van der Waals surface area (Å²) in [7, 11) is 0. The Balaban J connectivity index is 1.52. The van der Waals surface area contributed by atoms with Crippen molar-refractivity contribution in [2.75, 3.05) is 31.2 Å². The van der Waals surface area contributed by atoms with Gasteiger partial charge in [-0.05, 0) is 36.1 Å². The number of carbonyl (C=O) groups is 1. The highest BCUT2D eigenvalue weighted by atomic mass is 32.1. The number of anilines is 1. The normalized spacial score (nSPS) is 15.2. The van der Waals surface area contributed by atoms with Crippen LogP contribution in [0.4, 0.5) is 5.82 Å². The zero-order valence-electron chi connectivity index (χ0n) is 15.8. The van der Waals surface area contributed by atoms with E-state index in [9.17, 15) is 4.79 Å². The van der Waals surface area contributed by atoms with Crippen molar-refractivity contribution < 1.29 is 9.53 Å². The Bertz CT molecular complexity index is 902. The molecule has 1 atom stereocenters. The van der Waals surface area contributed by atoms with Gasteiger partial charge in [0.15, 0.2) is 0 Å². The van der Waals surface area contributed by atoms with Gasteiger partial charge < -0.3 is 15.0 Å². The predicted molar refractivity (Wildman–Crippen MR) is 112 cm³/mol. The number of aryl methyl sites for hydroxylation is 1. The summed E-state index contributed by atoms with van der Waals surface area (Å²) in [4.78, 5) is 20.7. The molecule has 2 aromatic heterocycles. The first-order valence-corrected chi connectivity index (χ1v) is 10.3. The minimum absolute atomic E-state index is 0.125. The van der Waals surface area contributed by atoms with Gasteiger partial charge in [0.25, 0.3) is 5.91 Å². The summed E-state index contributed by atoms with van der Waals surface area (Å²) in [5.74, 6) is 0.758. The molecule has 5 nitrogen and oxygen atoms in total. The molecule has 4 rings (SSSR count). The van der Waals surface area contributed by atoms with Gasteiger partial charge in [0.05, 0.1) is 24.8 Å². The quantitative estimate of drug-likeness (QED) is 0.716. The highest BCUT2D eigenvalue weighted by Crippen LogP contribution is 2.27. The van der Waals surface area contributed by atoms with Crippen LogP contribution < -0.4 is 10.2 Å². The van der Waals surface area contributed by atoms with Gasteiger partial charge in [0.2, 0.25) is 0 Å². The molecule has 1 aliphatic heterocycles. The molecule has 1 saturated heterocycles. The van der Waals surface area contributed by atoms with Gasteiger partial charge >= 0.3 is 0 Å². The average Bonchev–Trinajstić information content (AvgIpc) is 3.28. The number of pyridine rings is 1. The Morgan fingerprint density at radius 1 is 1.14 bits per heavy atom. The van der Waals surface area contributed by atoms with Gasteiger partial charge in [-0.25, -0.2) is 4.98 Å². The third kappa shape index (κ3) is 4.24. The number of thiophene rings is 1. The van der Waals surface area contributed by atoms with E-state index in [0.29, 0.717) is 18.8 Å². The van der Waals surface area contributed by atoms with Crippen molar-refractivity contribution in [3.05, 3.63) is 81.7 Å². The number of ether oxygens (including phenoxy) is 1. The van der Waals surface area contributed by atoms with Crippen LogP contribution in [0, 0.1) is 6.92 Å². The topological polar surface area (TPSA) is 54.5 Å². The number of hydrogen-bond donors (Lipinski definition) is 1. The van der Waals surface area contributed by atoms with Gasteiger partial charge in [0, 0.05) is 24.2 Å². The lowest BCUT2D eigenvalue weighted by Crippen LogP contribution is -2.36. The third-order valence-electron chi connectivity index (χ3n) is 4.86. The van der Waals surface area contributed by atoms with Crippen LogP contribution in [0.3, 0.4) is 0 Å². The summed E-state index contributed by atoms with van der Waals surface area (Å²) >= 11 is 1.64. The van der Waals surface area contributed by atoms with Crippen LogP contribution in [-0.2, 0) is 4.74 Å². The molecule has 0 aliphatic carbocycles. The van der Waals surface area contributed by atoms with E-state index in [2.05, 4.69) is 52.5 Å². The summed E-state index contributed by atoms with van der Waals surface area (Å²) in [5, 5.41) is 5.20. The number of amides is 1. The van der Waals surface area contributed by atoms with Crippen molar-refractivity contribution in [1.29, 1.82) is 0 Å². The van der Waals surface area contributed by atoms with Gasteiger partial charge in [0.1, 0.15) is 5.82 Å². The van der Waals surface area contributed by atoms with Crippen molar-refractivity contribution in [2.24, 2.45) is 0 Å². The smallest absolute Gasteiger partial charge is 0.253 e. The lowest BCUT2D eigenvalue weighted by molar-refractivity contribution is 0.0943. The standard InChI is InChI=1S/C22H23N3O2S/c1-16-4-6-17(7-5-16)21(19-3-2-14-28-19)24-22(26)18-8-9-20(23-15-18)25-10-12-27-13-11-25/h2-9,14-15,21H,10-13H2,1H3,(H,24,26)/t21-/m1/s1. The number of nitrogens with one attached hydrogen (secondary N) is 1. The van der Waals surface area contributed by atoms with Crippen LogP contribution in [0.25, 0.3) is 0 Å². The molecule has 6 heteroatoms. The number of rotatable bonds is 5. The second kappa shape index (κ2) is 8.54. The van der Waals surface area contributed by atoms with E-state index in [0.717, 1.165) is 29.3 Å². The fourth-order valence-corrected chi connectivity index (χ4v) is 4.05. The minimum Gasteiger partial charge on any atom is -0.378 e. The maximum atomic E-state index is 12.9. The van der Waals surface area contributed by atoms with Crippen LogP contribution in [0.2, 0.25) is 0 Å². The molecule has 3 aromatic rings. The molecular weight excluding hydrogens is 370 g/mol. The van der Waals surface area contributed by atoms with Gasteiger partial charge in [-0.15, -0.1) is 11.3 Å². The lowest BCUT2D eigenvalue weighted by atomic mass is 10.0. The molecule has 3 heterocycles. The molecule has 0 spiro atoms. The Morgan fingerprint density at radius 3 is 2.57 bits per heavy atom. The van der Waals surface area contributed by atoms with Gasteiger partial charge in [-0.3, -0.25) is 4.79 Å². The van der Waals surface area contributed by atoms with E-state index in [1.807, 2.05) is 23.6 Å². The first-order chi connectivity index (χ1) is 13.7. The van der Waals surface area contributed by atoms with E-state index >= 15 is 0 Å². The average molecular weight is 394 g/mol. The monoisotopic (exact) mass is 393 g/mol. The summed E-state index contributed by atoms with van der Waals surface area (Å²) < 4.78 is 5.38. The fourth-order valence-electron chi connectivity index (χ4n) is 3.25. The number of morpholine rings is 1. The Labute approximate surface area is 169 Å². The van der Waals surface area contributed by atoms with E-state index in [1.165, 1.54) is 5.56 Å². The number of carbonyl (C=O) groups excluding carboxylic acids is 1. The highest BCUT2D eigenvalue weighted by Gasteiger charge is 2.19. The van der Waals surface area contributed by atoms with Gasteiger partial charge in [-0.2, -0.15) is 0 Å². The molecule has 1 N–H and O–H groups in total. The van der Waals surface area contributed by atoms with Crippen LogP contribution >= 0.6 is 11.3 Å². The SMILES string of the molecule is Cc1ccc([C@@H](NC(=O)c2ccc(N3CCOCC3)nc2)c2cccs2)cc1. The van der Waals surface area contributed by atoms with Crippen molar-refractivity contribution in [2.45, 2.75) is 13.0 Å². The largest absolute Gasteiger partial charge is 0.378 e. The highest BCUT2D eigenvalue weighted by molar-refractivity contribution is 7.10. The third-order valence-corrected chi connectivity index (χ3v) is 5.80. The molecule has 0 unspecified atom stereocenters. The molecule has 0 bridgehead atoms. The molecule has 1 fully saturated rings. The van der Waals surface area contributed by atoms with Crippen molar-refractivity contribution in [3.8, 4) is 0 Å². The van der Waals surface area contributed by atoms with Crippen LogP contribution in [-0.4, -0.2) is 37.2 Å². The molecule has 1 aliphatic rings. The van der Waals surface area contributed by atoms with Gasteiger partial charge in [-0.1, -0.05) is 35.9 Å². The van der Waals surface area contributed by atoms with Crippen molar-refractivity contribution >= 4 is 23.1 Å². The number of nitrogens with zero attached hydrogens (tertiary/aromatic N) is 2. The molecule has 1 aromatic carbocycles. The predicted octanol–water partition coefficient (Wildman–Crippen LogP) is 3.81. The molecule has 0 radical (unpaired) electrons. The zero-order valence-corrected chi connectivity index (χ0v) is 16.6. The van der Waals surface area contributed by atoms with E-state index in [4.69, 9.17) is 4.74 Å². The number of hydrogen-bond acceptors (Lipinski definition) is 5. The maximum Gasteiger partial charge on any atom is 0.253 e. The molecular formula is C22H23N3O2S. The van der Waals surface area contributed by atoms with E-state index in [1.54, 1.807) is 17.5 Å². The lowest BCUT2D eigenvalue weighted by Gasteiger charge is -2.27. The Morgan fingerprint density at radius 2 is 1.93 bits per heavy atom.